The fourth-order valence-corrected chi connectivity index (χ4v) is 4.65. The third-order valence-corrected chi connectivity index (χ3v) is 6.40. The van der Waals surface area contributed by atoms with Crippen molar-refractivity contribution in [3.8, 4) is 40.0 Å². The molecule has 0 spiro atoms. The second-order valence-electron chi connectivity index (χ2n) is 8.82. The zero-order valence-electron chi connectivity index (χ0n) is 18.6. The van der Waals surface area contributed by atoms with E-state index in [9.17, 15) is 0 Å². The third kappa shape index (κ3) is 3.14. The molecule has 0 saturated heterocycles. The van der Waals surface area contributed by atoms with E-state index in [1.54, 1.807) is 0 Å². The SMILES string of the molecule is CC1(C)c2ccccc2Oc2ccc(-c3nnc(-c4ccccc4)n3-c3ccccc3)cc21. The van der Waals surface area contributed by atoms with Crippen LogP contribution in [0.3, 0.4) is 0 Å². The monoisotopic (exact) mass is 429 g/mol. The highest BCUT2D eigenvalue weighted by Gasteiger charge is 2.34. The average Bonchev–Trinajstić information content (AvgIpc) is 3.30. The minimum absolute atomic E-state index is 0.194. The Kier molecular flexibility index (Phi) is 4.40. The van der Waals surface area contributed by atoms with Gasteiger partial charge in [-0.3, -0.25) is 4.57 Å². The van der Waals surface area contributed by atoms with Gasteiger partial charge >= 0.3 is 0 Å². The van der Waals surface area contributed by atoms with Crippen LogP contribution in [0, 0.1) is 0 Å². The van der Waals surface area contributed by atoms with Crippen molar-refractivity contribution in [1.82, 2.24) is 14.8 Å². The first-order valence-corrected chi connectivity index (χ1v) is 11.1. The molecule has 33 heavy (non-hydrogen) atoms. The Hall–Kier alpha value is -4.18. The summed E-state index contributed by atoms with van der Waals surface area (Å²) < 4.78 is 8.38. The van der Waals surface area contributed by atoms with Gasteiger partial charge in [0.1, 0.15) is 11.5 Å². The molecule has 0 unspecified atom stereocenters. The average molecular weight is 430 g/mol. The quantitative estimate of drug-likeness (QED) is 0.309. The molecule has 6 rings (SSSR count). The van der Waals surface area contributed by atoms with Gasteiger partial charge in [-0.15, -0.1) is 10.2 Å². The Balaban J connectivity index is 1.54. The third-order valence-electron chi connectivity index (χ3n) is 6.40. The summed E-state index contributed by atoms with van der Waals surface area (Å²) in [6, 6.07) is 35.0. The molecule has 0 amide bonds. The normalized spacial score (nSPS) is 13.6. The van der Waals surface area contributed by atoms with Gasteiger partial charge in [0.25, 0.3) is 0 Å². The molecule has 0 aliphatic carbocycles. The zero-order chi connectivity index (χ0) is 22.4. The van der Waals surface area contributed by atoms with Gasteiger partial charge in [-0.1, -0.05) is 80.6 Å². The van der Waals surface area contributed by atoms with Gasteiger partial charge in [0, 0.05) is 33.4 Å². The van der Waals surface area contributed by atoms with Crippen molar-refractivity contribution in [2.45, 2.75) is 19.3 Å². The van der Waals surface area contributed by atoms with Gasteiger partial charge in [-0.2, -0.15) is 0 Å². The summed E-state index contributed by atoms with van der Waals surface area (Å²) in [5.74, 6) is 3.42. The van der Waals surface area contributed by atoms with E-state index in [-0.39, 0.29) is 5.41 Å². The van der Waals surface area contributed by atoms with E-state index < -0.39 is 0 Å². The smallest absolute Gasteiger partial charge is 0.168 e. The first kappa shape index (κ1) is 19.5. The molecule has 4 heteroatoms. The molecule has 0 fully saturated rings. The zero-order valence-corrected chi connectivity index (χ0v) is 18.6. The molecule has 1 aliphatic rings. The highest BCUT2D eigenvalue weighted by molar-refractivity contribution is 5.70. The highest BCUT2D eigenvalue weighted by atomic mass is 16.5. The molecule has 4 nitrogen and oxygen atoms in total. The van der Waals surface area contributed by atoms with E-state index >= 15 is 0 Å². The molecular formula is C29H23N3O. The standard InChI is InChI=1S/C29H23N3O/c1-29(2)23-15-9-10-16-25(23)33-26-18-17-21(19-24(26)29)28-31-30-27(20-11-5-3-6-12-20)32(28)22-13-7-4-8-14-22/h3-19H,1-2H3. The van der Waals surface area contributed by atoms with E-state index in [1.807, 2.05) is 48.5 Å². The van der Waals surface area contributed by atoms with Crippen LogP contribution in [-0.4, -0.2) is 14.8 Å². The van der Waals surface area contributed by atoms with Crippen LogP contribution in [0.15, 0.2) is 103 Å². The van der Waals surface area contributed by atoms with Crippen molar-refractivity contribution < 1.29 is 4.74 Å². The van der Waals surface area contributed by atoms with E-state index in [0.29, 0.717) is 0 Å². The number of nitrogens with zero attached hydrogens (tertiary/aromatic N) is 3. The maximum absolute atomic E-state index is 6.25. The fraction of sp³-hybridized carbons (Fsp3) is 0.103. The van der Waals surface area contributed by atoms with Crippen LogP contribution in [0.25, 0.3) is 28.5 Å². The first-order valence-electron chi connectivity index (χ1n) is 11.1. The van der Waals surface area contributed by atoms with E-state index in [0.717, 1.165) is 45.5 Å². The molecular weight excluding hydrogens is 406 g/mol. The van der Waals surface area contributed by atoms with Gasteiger partial charge in [0.2, 0.25) is 0 Å². The first-order chi connectivity index (χ1) is 16.1. The van der Waals surface area contributed by atoms with Crippen molar-refractivity contribution in [2.75, 3.05) is 0 Å². The van der Waals surface area contributed by atoms with Crippen molar-refractivity contribution >= 4 is 0 Å². The summed E-state index contributed by atoms with van der Waals surface area (Å²) in [5, 5.41) is 9.26. The molecule has 160 valence electrons. The van der Waals surface area contributed by atoms with Crippen LogP contribution in [0.4, 0.5) is 0 Å². The lowest BCUT2D eigenvalue weighted by molar-refractivity contribution is 0.418. The van der Waals surface area contributed by atoms with Crippen molar-refractivity contribution in [2.24, 2.45) is 0 Å². The molecule has 0 saturated carbocycles. The lowest BCUT2D eigenvalue weighted by Gasteiger charge is -2.34. The van der Waals surface area contributed by atoms with Crippen molar-refractivity contribution in [3.05, 3.63) is 114 Å². The largest absolute Gasteiger partial charge is 0.457 e. The number of rotatable bonds is 3. The number of fused-ring (bicyclic) bond motifs is 2. The number of benzene rings is 4. The summed E-state index contributed by atoms with van der Waals surface area (Å²) in [4.78, 5) is 0. The van der Waals surface area contributed by atoms with Gasteiger partial charge in [0.05, 0.1) is 0 Å². The lowest BCUT2D eigenvalue weighted by Crippen LogP contribution is -2.24. The maximum atomic E-state index is 6.25. The van der Waals surface area contributed by atoms with Crippen LogP contribution in [0.2, 0.25) is 0 Å². The number of aromatic nitrogens is 3. The molecule has 0 bridgehead atoms. The molecule has 5 aromatic rings. The predicted octanol–water partition coefficient (Wildman–Crippen LogP) is 7.03. The number of para-hydroxylation sites is 2. The molecule has 1 aromatic heterocycles. The van der Waals surface area contributed by atoms with E-state index in [1.165, 1.54) is 5.56 Å². The topological polar surface area (TPSA) is 39.9 Å². The van der Waals surface area contributed by atoms with Gasteiger partial charge in [-0.05, 0) is 36.4 Å². The Morgan fingerprint density at radius 1 is 0.606 bits per heavy atom. The van der Waals surface area contributed by atoms with Crippen LogP contribution in [0.5, 0.6) is 11.5 Å². The van der Waals surface area contributed by atoms with Crippen LogP contribution in [-0.2, 0) is 5.41 Å². The van der Waals surface area contributed by atoms with E-state index in [4.69, 9.17) is 4.74 Å². The van der Waals surface area contributed by atoms with Gasteiger partial charge < -0.3 is 4.74 Å². The molecule has 0 atom stereocenters. The molecule has 0 N–H and O–H groups in total. The van der Waals surface area contributed by atoms with Crippen LogP contribution >= 0.6 is 0 Å². The fourth-order valence-electron chi connectivity index (χ4n) is 4.65. The lowest BCUT2D eigenvalue weighted by atomic mass is 9.75. The summed E-state index contributed by atoms with van der Waals surface area (Å²) in [7, 11) is 0. The second kappa shape index (κ2) is 7.45. The molecule has 2 heterocycles. The molecule has 0 radical (unpaired) electrons. The summed E-state index contributed by atoms with van der Waals surface area (Å²) in [5.41, 5.74) is 5.18. The van der Waals surface area contributed by atoms with Gasteiger partial charge in [0.15, 0.2) is 11.6 Å². The van der Waals surface area contributed by atoms with Crippen molar-refractivity contribution in [3.63, 3.8) is 0 Å². The summed E-state index contributed by atoms with van der Waals surface area (Å²) >= 11 is 0. The highest BCUT2D eigenvalue weighted by Crippen LogP contribution is 2.48. The van der Waals surface area contributed by atoms with Crippen LogP contribution < -0.4 is 4.74 Å². The maximum Gasteiger partial charge on any atom is 0.168 e. The van der Waals surface area contributed by atoms with Gasteiger partial charge in [-0.25, -0.2) is 0 Å². The molecule has 4 aromatic carbocycles. The number of hydrogen-bond acceptors (Lipinski definition) is 3. The number of hydrogen-bond donors (Lipinski definition) is 0. The minimum atomic E-state index is -0.194. The summed E-state index contributed by atoms with van der Waals surface area (Å²) in [6.45, 7) is 4.49. The Morgan fingerprint density at radius 3 is 1.97 bits per heavy atom. The van der Waals surface area contributed by atoms with E-state index in [2.05, 4.69) is 83.2 Å². The predicted molar refractivity (Wildman–Crippen MR) is 131 cm³/mol. The molecule has 1 aliphatic heterocycles. The summed E-state index contributed by atoms with van der Waals surface area (Å²) in [6.07, 6.45) is 0. The second-order valence-corrected chi connectivity index (χ2v) is 8.82. The Bertz CT molecular complexity index is 1450. The minimum Gasteiger partial charge on any atom is -0.457 e. The number of ether oxygens (including phenoxy) is 1. The van der Waals surface area contributed by atoms with Crippen LogP contribution in [0.1, 0.15) is 25.0 Å². The van der Waals surface area contributed by atoms with Crippen molar-refractivity contribution in [1.29, 1.82) is 0 Å². The Morgan fingerprint density at radius 2 is 1.21 bits per heavy atom. The Labute approximate surface area is 193 Å².